The van der Waals surface area contributed by atoms with Crippen LogP contribution in [0.25, 0.3) is 0 Å². The van der Waals surface area contributed by atoms with Crippen LogP contribution in [0.4, 0.5) is 5.69 Å². The van der Waals surface area contributed by atoms with E-state index in [1.807, 2.05) is 6.92 Å². The highest BCUT2D eigenvalue weighted by molar-refractivity contribution is 6.31. The van der Waals surface area contributed by atoms with E-state index in [1.165, 1.54) is 6.07 Å². The Morgan fingerprint density at radius 3 is 2.75 bits per heavy atom. The van der Waals surface area contributed by atoms with Gasteiger partial charge in [0.05, 0.1) is 12.6 Å². The van der Waals surface area contributed by atoms with E-state index in [0.717, 1.165) is 0 Å². The van der Waals surface area contributed by atoms with E-state index in [1.54, 1.807) is 12.1 Å². The maximum atomic E-state index is 11.7. The molecule has 0 saturated carbocycles. The highest BCUT2D eigenvalue weighted by Crippen LogP contribution is 2.16. The van der Waals surface area contributed by atoms with Crippen LogP contribution in [0.15, 0.2) is 18.2 Å². The number of nitrogens with one attached hydrogen (secondary N) is 1. The molecular formula is C11H15ClN2O2. The van der Waals surface area contributed by atoms with E-state index in [4.69, 9.17) is 22.4 Å². The van der Waals surface area contributed by atoms with Crippen molar-refractivity contribution in [3.63, 3.8) is 0 Å². The number of aliphatic hydroxyl groups is 1. The maximum Gasteiger partial charge on any atom is 0.251 e. The second-order valence-corrected chi connectivity index (χ2v) is 3.97. The smallest absolute Gasteiger partial charge is 0.251 e. The third-order valence-electron chi connectivity index (χ3n) is 2.23. The summed E-state index contributed by atoms with van der Waals surface area (Å²) in [5.74, 6) is -0.282. The molecular weight excluding hydrogens is 228 g/mol. The molecule has 0 saturated heterocycles. The number of anilines is 1. The van der Waals surface area contributed by atoms with Crippen molar-refractivity contribution in [3.05, 3.63) is 28.8 Å². The number of carbonyl (C=O) groups is 1. The number of aliphatic hydroxyl groups excluding tert-OH is 1. The zero-order valence-corrected chi connectivity index (χ0v) is 9.79. The van der Waals surface area contributed by atoms with Crippen molar-refractivity contribution >= 4 is 23.2 Å². The molecule has 1 aromatic rings. The molecule has 0 heterocycles. The first kappa shape index (κ1) is 12.8. The summed E-state index contributed by atoms with van der Waals surface area (Å²) in [4.78, 5) is 11.7. The molecule has 0 aliphatic carbocycles. The molecule has 0 spiro atoms. The Kier molecular flexibility index (Phi) is 4.58. The molecule has 1 amide bonds. The van der Waals surface area contributed by atoms with Crippen LogP contribution in [0.1, 0.15) is 23.7 Å². The van der Waals surface area contributed by atoms with Crippen LogP contribution >= 0.6 is 11.6 Å². The van der Waals surface area contributed by atoms with Gasteiger partial charge in [0.2, 0.25) is 0 Å². The zero-order chi connectivity index (χ0) is 12.1. The molecule has 1 rings (SSSR count). The molecule has 0 aromatic heterocycles. The summed E-state index contributed by atoms with van der Waals surface area (Å²) >= 11 is 5.79. The largest absolute Gasteiger partial charge is 0.399 e. The zero-order valence-electron chi connectivity index (χ0n) is 9.03. The molecule has 0 fully saturated rings. The van der Waals surface area contributed by atoms with Crippen LogP contribution in [-0.4, -0.2) is 23.7 Å². The van der Waals surface area contributed by atoms with E-state index < -0.39 is 0 Å². The fourth-order valence-electron chi connectivity index (χ4n) is 1.29. The highest BCUT2D eigenvalue weighted by Gasteiger charge is 2.12. The van der Waals surface area contributed by atoms with E-state index in [-0.39, 0.29) is 18.6 Å². The Morgan fingerprint density at radius 2 is 2.25 bits per heavy atom. The summed E-state index contributed by atoms with van der Waals surface area (Å²) in [5.41, 5.74) is 6.42. The number of nitrogens with two attached hydrogens (primary N) is 1. The minimum Gasteiger partial charge on any atom is -0.399 e. The Hall–Kier alpha value is -1.26. The van der Waals surface area contributed by atoms with Gasteiger partial charge in [-0.25, -0.2) is 0 Å². The fraction of sp³-hybridized carbons (Fsp3) is 0.364. The van der Waals surface area contributed by atoms with Gasteiger partial charge in [0, 0.05) is 16.3 Å². The first-order chi connectivity index (χ1) is 7.56. The summed E-state index contributed by atoms with van der Waals surface area (Å²) in [6.45, 7) is 1.80. The summed E-state index contributed by atoms with van der Waals surface area (Å²) in [6.07, 6.45) is 0.665. The quantitative estimate of drug-likeness (QED) is 0.699. The summed E-state index contributed by atoms with van der Waals surface area (Å²) in [5, 5.41) is 12.1. The molecule has 88 valence electrons. The van der Waals surface area contributed by atoms with Crippen molar-refractivity contribution in [1.29, 1.82) is 0 Å². The van der Waals surface area contributed by atoms with Gasteiger partial charge in [-0.05, 0) is 24.6 Å². The maximum absolute atomic E-state index is 11.7. The number of carbonyl (C=O) groups excluding carboxylic acids is 1. The second kappa shape index (κ2) is 5.72. The van der Waals surface area contributed by atoms with Gasteiger partial charge >= 0.3 is 0 Å². The minimum atomic E-state index is -0.282. The van der Waals surface area contributed by atoms with Crippen LogP contribution in [0, 0.1) is 0 Å². The van der Waals surface area contributed by atoms with Crippen LogP contribution in [0.2, 0.25) is 5.02 Å². The molecule has 0 unspecified atom stereocenters. The average molecular weight is 243 g/mol. The summed E-state index contributed by atoms with van der Waals surface area (Å²) in [7, 11) is 0. The Morgan fingerprint density at radius 1 is 1.56 bits per heavy atom. The SMILES string of the molecule is CC[C@H](CO)NC(=O)c1cc(N)cc(Cl)c1. The minimum absolute atomic E-state index is 0.0850. The van der Waals surface area contributed by atoms with Gasteiger partial charge in [0.1, 0.15) is 0 Å². The molecule has 4 N–H and O–H groups in total. The topological polar surface area (TPSA) is 75.3 Å². The lowest BCUT2D eigenvalue weighted by Crippen LogP contribution is -2.36. The van der Waals surface area contributed by atoms with Crippen molar-refractivity contribution < 1.29 is 9.90 Å². The third kappa shape index (κ3) is 3.40. The molecule has 4 nitrogen and oxygen atoms in total. The van der Waals surface area contributed by atoms with Crippen molar-refractivity contribution in [2.75, 3.05) is 12.3 Å². The normalized spacial score (nSPS) is 12.2. The monoisotopic (exact) mass is 242 g/mol. The molecule has 1 aromatic carbocycles. The lowest BCUT2D eigenvalue weighted by atomic mass is 10.1. The predicted octanol–water partition coefficient (Wildman–Crippen LogP) is 1.42. The molecule has 0 aliphatic heterocycles. The standard InChI is InChI=1S/C11H15ClN2O2/c1-2-10(6-15)14-11(16)7-3-8(12)5-9(13)4-7/h3-5,10,15H,2,6,13H2,1H3,(H,14,16)/t10-/m1/s1. The molecule has 0 aliphatic rings. The Balaban J connectivity index is 2.80. The summed E-state index contributed by atoms with van der Waals surface area (Å²) in [6, 6.07) is 4.41. The Labute approximate surface area is 99.4 Å². The van der Waals surface area contributed by atoms with E-state index in [9.17, 15) is 4.79 Å². The van der Waals surface area contributed by atoms with Gasteiger partial charge in [0.15, 0.2) is 0 Å². The fourth-order valence-corrected chi connectivity index (χ4v) is 1.53. The highest BCUT2D eigenvalue weighted by atomic mass is 35.5. The number of nitrogen functional groups attached to an aromatic ring is 1. The van der Waals surface area contributed by atoms with Crippen LogP contribution in [0.3, 0.4) is 0 Å². The van der Waals surface area contributed by atoms with Gasteiger partial charge in [-0.15, -0.1) is 0 Å². The van der Waals surface area contributed by atoms with E-state index >= 15 is 0 Å². The first-order valence-corrected chi connectivity index (χ1v) is 5.42. The lowest BCUT2D eigenvalue weighted by Gasteiger charge is -2.14. The number of hydrogen-bond acceptors (Lipinski definition) is 3. The number of hydrogen-bond donors (Lipinski definition) is 3. The molecule has 1 atom stereocenters. The second-order valence-electron chi connectivity index (χ2n) is 3.53. The van der Waals surface area contributed by atoms with E-state index in [2.05, 4.69) is 5.32 Å². The van der Waals surface area contributed by atoms with Crippen LogP contribution < -0.4 is 11.1 Å². The van der Waals surface area contributed by atoms with E-state index in [0.29, 0.717) is 22.7 Å². The molecule has 0 radical (unpaired) electrons. The van der Waals surface area contributed by atoms with Gasteiger partial charge in [0.25, 0.3) is 5.91 Å². The van der Waals surface area contributed by atoms with Crippen LogP contribution in [-0.2, 0) is 0 Å². The Bertz CT molecular complexity index is 358. The van der Waals surface area contributed by atoms with Crippen LogP contribution in [0.5, 0.6) is 0 Å². The van der Waals surface area contributed by atoms with Gasteiger partial charge in [-0.3, -0.25) is 4.79 Å². The molecule has 16 heavy (non-hydrogen) atoms. The van der Waals surface area contributed by atoms with Crippen molar-refractivity contribution in [2.24, 2.45) is 0 Å². The van der Waals surface area contributed by atoms with Gasteiger partial charge < -0.3 is 16.2 Å². The number of rotatable bonds is 4. The number of benzene rings is 1. The average Bonchev–Trinajstić information content (AvgIpc) is 2.24. The van der Waals surface area contributed by atoms with Gasteiger partial charge in [-0.1, -0.05) is 18.5 Å². The lowest BCUT2D eigenvalue weighted by molar-refractivity contribution is 0.0915. The first-order valence-electron chi connectivity index (χ1n) is 5.04. The molecule has 5 heteroatoms. The summed E-state index contributed by atoms with van der Waals surface area (Å²) < 4.78 is 0. The van der Waals surface area contributed by atoms with Crippen molar-refractivity contribution in [1.82, 2.24) is 5.32 Å². The van der Waals surface area contributed by atoms with Crippen molar-refractivity contribution in [3.8, 4) is 0 Å². The predicted molar refractivity (Wildman–Crippen MR) is 64.5 cm³/mol. The number of amides is 1. The van der Waals surface area contributed by atoms with Gasteiger partial charge in [-0.2, -0.15) is 0 Å². The number of halogens is 1. The third-order valence-corrected chi connectivity index (χ3v) is 2.45. The molecule has 0 bridgehead atoms. The van der Waals surface area contributed by atoms with Crippen molar-refractivity contribution in [2.45, 2.75) is 19.4 Å².